The number of carboxylic acid groups (broad SMARTS) is 1. The number of rotatable bonds is 5. The molecule has 1 aromatic carbocycles. The van der Waals surface area contributed by atoms with Crippen LogP contribution in [0.15, 0.2) is 24.3 Å². The Morgan fingerprint density at radius 3 is 2.56 bits per heavy atom. The van der Waals surface area contributed by atoms with E-state index in [0.29, 0.717) is 5.69 Å². The van der Waals surface area contributed by atoms with Gasteiger partial charge in [-0.05, 0) is 12.1 Å². The van der Waals surface area contributed by atoms with Crippen LogP contribution < -0.4 is 10.2 Å². The zero-order valence-electron chi connectivity index (χ0n) is 9.34. The van der Waals surface area contributed by atoms with Crippen molar-refractivity contribution in [1.82, 2.24) is 0 Å². The number of nitrogens with zero attached hydrogens (tertiary/aromatic N) is 1. The van der Waals surface area contributed by atoms with Gasteiger partial charge in [0.2, 0.25) is 0 Å². The van der Waals surface area contributed by atoms with Crippen molar-refractivity contribution in [3.05, 3.63) is 24.3 Å². The first kappa shape index (κ1) is 12.3. The first-order chi connectivity index (χ1) is 7.56. The molecule has 1 rings (SSSR count). The summed E-state index contributed by atoms with van der Waals surface area (Å²) in [6, 6.07) is 6.35. The number of carboxylic acids is 1. The largest absolute Gasteiger partial charge is 0.480 e. The standard InChI is InChI=1S/C11H16N2O3/c1-13(2)10-6-4-3-5-8(10)12-9(7-14)11(15)16/h3-6,9,12,14H,7H2,1-2H3,(H,15,16). The van der Waals surface area contributed by atoms with E-state index in [4.69, 9.17) is 10.2 Å². The van der Waals surface area contributed by atoms with Gasteiger partial charge in [0.05, 0.1) is 18.0 Å². The summed E-state index contributed by atoms with van der Waals surface area (Å²) in [7, 11) is 3.74. The van der Waals surface area contributed by atoms with E-state index in [1.165, 1.54) is 0 Å². The Kier molecular flexibility index (Phi) is 4.13. The quantitative estimate of drug-likeness (QED) is 0.683. The Labute approximate surface area is 94.3 Å². The number of benzene rings is 1. The van der Waals surface area contributed by atoms with Crippen LogP contribution in [0, 0.1) is 0 Å². The molecular formula is C11H16N2O3. The number of aliphatic hydroxyl groups excluding tert-OH is 1. The van der Waals surface area contributed by atoms with Gasteiger partial charge in [-0.2, -0.15) is 0 Å². The maximum atomic E-state index is 10.8. The van der Waals surface area contributed by atoms with Crippen molar-refractivity contribution in [2.24, 2.45) is 0 Å². The van der Waals surface area contributed by atoms with E-state index in [9.17, 15) is 4.79 Å². The van der Waals surface area contributed by atoms with Crippen molar-refractivity contribution in [2.45, 2.75) is 6.04 Å². The lowest BCUT2D eigenvalue weighted by atomic mass is 10.2. The summed E-state index contributed by atoms with van der Waals surface area (Å²) in [4.78, 5) is 12.7. The molecule has 5 heteroatoms. The molecule has 0 aliphatic heterocycles. The van der Waals surface area contributed by atoms with Gasteiger partial charge < -0.3 is 20.4 Å². The Bertz CT molecular complexity index is 366. The van der Waals surface area contributed by atoms with Crippen LogP contribution in [0.5, 0.6) is 0 Å². The summed E-state index contributed by atoms with van der Waals surface area (Å²) in [5, 5.41) is 20.5. The van der Waals surface area contributed by atoms with Gasteiger partial charge in [0.1, 0.15) is 6.04 Å². The molecule has 5 nitrogen and oxygen atoms in total. The molecule has 0 bridgehead atoms. The van der Waals surface area contributed by atoms with Gasteiger partial charge in [-0.15, -0.1) is 0 Å². The van der Waals surface area contributed by atoms with Crippen molar-refractivity contribution in [3.63, 3.8) is 0 Å². The molecule has 0 aromatic heterocycles. The number of anilines is 2. The minimum absolute atomic E-state index is 0.447. The molecule has 0 aliphatic rings. The van der Waals surface area contributed by atoms with E-state index in [1.807, 2.05) is 37.2 Å². The fourth-order valence-corrected chi connectivity index (χ4v) is 1.36. The molecule has 0 aliphatic carbocycles. The Hall–Kier alpha value is -1.75. The normalized spacial score (nSPS) is 11.9. The second kappa shape index (κ2) is 5.37. The zero-order valence-corrected chi connectivity index (χ0v) is 9.34. The van der Waals surface area contributed by atoms with E-state index >= 15 is 0 Å². The third-order valence-electron chi connectivity index (χ3n) is 2.20. The molecule has 0 amide bonds. The number of para-hydroxylation sites is 2. The van der Waals surface area contributed by atoms with Crippen LogP contribution in [-0.2, 0) is 4.79 Å². The molecule has 88 valence electrons. The highest BCUT2D eigenvalue weighted by Gasteiger charge is 2.17. The lowest BCUT2D eigenvalue weighted by molar-refractivity contribution is -0.138. The Morgan fingerprint density at radius 1 is 1.44 bits per heavy atom. The molecule has 0 spiro atoms. The average molecular weight is 224 g/mol. The minimum Gasteiger partial charge on any atom is -0.480 e. The van der Waals surface area contributed by atoms with Gasteiger partial charge in [-0.25, -0.2) is 4.79 Å². The van der Waals surface area contributed by atoms with Crippen LogP contribution in [0.3, 0.4) is 0 Å². The highest BCUT2D eigenvalue weighted by molar-refractivity contribution is 5.80. The summed E-state index contributed by atoms with van der Waals surface area (Å²) in [5.74, 6) is -1.07. The predicted molar refractivity (Wildman–Crippen MR) is 62.9 cm³/mol. The van der Waals surface area contributed by atoms with Crippen LogP contribution in [0.1, 0.15) is 0 Å². The van der Waals surface area contributed by atoms with Gasteiger partial charge in [-0.1, -0.05) is 12.1 Å². The third-order valence-corrected chi connectivity index (χ3v) is 2.20. The molecular weight excluding hydrogens is 208 g/mol. The number of aliphatic hydroxyl groups is 1. The third kappa shape index (κ3) is 2.87. The summed E-state index contributed by atoms with van der Waals surface area (Å²) in [6.45, 7) is -0.447. The smallest absolute Gasteiger partial charge is 0.328 e. The average Bonchev–Trinajstić information content (AvgIpc) is 2.25. The zero-order chi connectivity index (χ0) is 12.1. The van der Waals surface area contributed by atoms with Crippen LogP contribution >= 0.6 is 0 Å². The fraction of sp³-hybridized carbons (Fsp3) is 0.364. The second-order valence-electron chi connectivity index (χ2n) is 3.63. The second-order valence-corrected chi connectivity index (χ2v) is 3.63. The van der Waals surface area contributed by atoms with Crippen LogP contribution in [-0.4, -0.2) is 42.9 Å². The number of aliphatic carboxylic acids is 1. The molecule has 1 atom stereocenters. The SMILES string of the molecule is CN(C)c1ccccc1NC(CO)C(=O)O. The van der Waals surface area contributed by atoms with Crippen molar-refractivity contribution in [2.75, 3.05) is 30.9 Å². The van der Waals surface area contributed by atoms with E-state index in [2.05, 4.69) is 5.32 Å². The first-order valence-electron chi connectivity index (χ1n) is 4.92. The minimum atomic E-state index is -1.07. The van der Waals surface area contributed by atoms with Crippen LogP contribution in [0.25, 0.3) is 0 Å². The Morgan fingerprint density at radius 2 is 2.06 bits per heavy atom. The van der Waals surface area contributed by atoms with Gasteiger partial charge in [0, 0.05) is 14.1 Å². The van der Waals surface area contributed by atoms with Gasteiger partial charge >= 0.3 is 5.97 Å². The summed E-state index contributed by atoms with van der Waals surface area (Å²) in [5.41, 5.74) is 1.57. The lowest BCUT2D eigenvalue weighted by Crippen LogP contribution is -2.33. The molecule has 0 fully saturated rings. The molecule has 1 unspecified atom stereocenters. The number of hydrogen-bond donors (Lipinski definition) is 3. The number of carbonyl (C=O) groups is 1. The maximum Gasteiger partial charge on any atom is 0.328 e. The summed E-state index contributed by atoms with van der Waals surface area (Å²) >= 11 is 0. The molecule has 0 heterocycles. The maximum absolute atomic E-state index is 10.8. The van der Waals surface area contributed by atoms with Crippen LogP contribution in [0.2, 0.25) is 0 Å². The molecule has 3 N–H and O–H groups in total. The Balaban J connectivity index is 2.91. The molecule has 16 heavy (non-hydrogen) atoms. The summed E-state index contributed by atoms with van der Waals surface area (Å²) in [6.07, 6.45) is 0. The number of hydrogen-bond acceptors (Lipinski definition) is 4. The van der Waals surface area contributed by atoms with Crippen molar-refractivity contribution < 1.29 is 15.0 Å². The number of nitrogens with one attached hydrogen (secondary N) is 1. The fourth-order valence-electron chi connectivity index (χ4n) is 1.36. The van der Waals surface area contributed by atoms with Crippen molar-refractivity contribution in [1.29, 1.82) is 0 Å². The first-order valence-corrected chi connectivity index (χ1v) is 4.92. The molecule has 1 aromatic rings. The highest BCUT2D eigenvalue weighted by Crippen LogP contribution is 2.23. The van der Waals surface area contributed by atoms with E-state index in [-0.39, 0.29) is 0 Å². The van der Waals surface area contributed by atoms with E-state index in [0.717, 1.165) is 5.69 Å². The van der Waals surface area contributed by atoms with Crippen molar-refractivity contribution in [3.8, 4) is 0 Å². The topological polar surface area (TPSA) is 72.8 Å². The molecule has 0 saturated heterocycles. The highest BCUT2D eigenvalue weighted by atomic mass is 16.4. The summed E-state index contributed by atoms with van der Waals surface area (Å²) < 4.78 is 0. The molecule has 0 saturated carbocycles. The van der Waals surface area contributed by atoms with E-state index < -0.39 is 18.6 Å². The van der Waals surface area contributed by atoms with Gasteiger partial charge in [0.25, 0.3) is 0 Å². The van der Waals surface area contributed by atoms with Gasteiger partial charge in [-0.3, -0.25) is 0 Å². The van der Waals surface area contributed by atoms with Crippen LogP contribution in [0.4, 0.5) is 11.4 Å². The molecule has 0 radical (unpaired) electrons. The van der Waals surface area contributed by atoms with E-state index in [1.54, 1.807) is 6.07 Å². The van der Waals surface area contributed by atoms with Gasteiger partial charge in [0.15, 0.2) is 0 Å². The van der Waals surface area contributed by atoms with Crippen molar-refractivity contribution >= 4 is 17.3 Å². The lowest BCUT2D eigenvalue weighted by Gasteiger charge is -2.20. The predicted octanol–water partition coefficient (Wildman–Crippen LogP) is 0.610. The monoisotopic (exact) mass is 224 g/mol.